The van der Waals surface area contributed by atoms with Crippen LogP contribution in [-0.2, 0) is 13.9 Å². The van der Waals surface area contributed by atoms with Crippen molar-refractivity contribution in [3.63, 3.8) is 0 Å². The zero-order valence-electron chi connectivity index (χ0n) is 15.1. The molecule has 0 fully saturated rings. The lowest BCUT2D eigenvalue weighted by Gasteiger charge is -2.10. The second-order valence-corrected chi connectivity index (χ2v) is 7.41. The maximum Gasteiger partial charge on any atom is 0.327 e. The molecule has 1 heterocycles. The number of para-hydroxylation sites is 1. The van der Waals surface area contributed by atoms with Crippen molar-refractivity contribution < 1.29 is 23.5 Å². The Morgan fingerprint density at radius 2 is 1.96 bits per heavy atom. The summed E-state index contributed by atoms with van der Waals surface area (Å²) in [4.78, 5) is 24.7. The zero-order valence-corrected chi connectivity index (χ0v) is 16.0. The summed E-state index contributed by atoms with van der Waals surface area (Å²) < 4.78 is 21.1. The number of hydrogen-bond donors (Lipinski definition) is 4. The van der Waals surface area contributed by atoms with Crippen LogP contribution < -0.4 is 21.5 Å². The van der Waals surface area contributed by atoms with Crippen LogP contribution in [0, 0.1) is 0 Å². The Hall–Kier alpha value is -2.85. The fourth-order valence-electron chi connectivity index (χ4n) is 1.92. The van der Waals surface area contributed by atoms with Crippen LogP contribution in [0.3, 0.4) is 0 Å². The molecule has 150 valence electrons. The monoisotopic (exact) mass is 408 g/mol. The zero-order chi connectivity index (χ0) is 20.6. The minimum atomic E-state index is -3.65. The second-order valence-electron chi connectivity index (χ2n) is 5.55. The summed E-state index contributed by atoms with van der Waals surface area (Å²) in [6.07, 6.45) is 0.174. The van der Waals surface area contributed by atoms with Crippen molar-refractivity contribution in [2.75, 3.05) is 31.1 Å². The van der Waals surface area contributed by atoms with Crippen molar-refractivity contribution in [2.24, 2.45) is 16.0 Å². The van der Waals surface area contributed by atoms with Crippen LogP contribution in [0.5, 0.6) is 5.75 Å². The van der Waals surface area contributed by atoms with Gasteiger partial charge in [0.15, 0.2) is 12.6 Å². The number of rotatable bonds is 9. The van der Waals surface area contributed by atoms with Crippen LogP contribution in [0.25, 0.3) is 0 Å². The van der Waals surface area contributed by atoms with Gasteiger partial charge in [0.1, 0.15) is 22.9 Å². The molecule has 1 aromatic carbocycles. The molecular formula is C16H21N6O5P. The molecule has 6 N–H and O–H groups in total. The molecule has 0 spiro atoms. The Bertz CT molecular complexity index is 901. The highest BCUT2D eigenvalue weighted by molar-refractivity contribution is 7.51. The number of nitrogens with one attached hydrogen (secondary N) is 1. The number of carbonyl (C=O) groups excluding carboxylic acids is 1. The van der Waals surface area contributed by atoms with Gasteiger partial charge >= 0.3 is 7.60 Å². The topological polar surface area (TPSA) is 175 Å². The molecule has 0 aliphatic heterocycles. The number of ether oxygens (including phenoxy) is 1. The number of amides is 1. The fraction of sp³-hybridized carbons (Fsp3) is 0.250. The van der Waals surface area contributed by atoms with Crippen LogP contribution in [0.2, 0.25) is 0 Å². The highest BCUT2D eigenvalue weighted by Gasteiger charge is 2.11. The lowest BCUT2D eigenvalue weighted by Crippen LogP contribution is -2.17. The molecule has 28 heavy (non-hydrogen) atoms. The molecule has 0 aliphatic carbocycles. The third kappa shape index (κ3) is 7.05. The largest absolute Gasteiger partial charge is 0.465 e. The molecule has 2 aromatic rings. The number of aromatic nitrogens is 1. The third-order valence-corrected chi connectivity index (χ3v) is 3.76. The van der Waals surface area contributed by atoms with Gasteiger partial charge in [-0.1, -0.05) is 12.1 Å². The molecule has 12 heteroatoms. The van der Waals surface area contributed by atoms with Gasteiger partial charge in [0.2, 0.25) is 5.91 Å². The molecule has 0 bridgehead atoms. The van der Waals surface area contributed by atoms with Crippen LogP contribution >= 0.6 is 7.60 Å². The highest BCUT2D eigenvalue weighted by Crippen LogP contribution is 2.37. The van der Waals surface area contributed by atoms with E-state index in [-0.39, 0.29) is 36.2 Å². The number of nitrogen functional groups attached to an aromatic ring is 1. The van der Waals surface area contributed by atoms with Crippen molar-refractivity contribution >= 4 is 36.5 Å². The van der Waals surface area contributed by atoms with Gasteiger partial charge in [-0.05, 0) is 24.3 Å². The number of nitrogens with zero attached hydrogens (tertiary/aromatic N) is 3. The normalized spacial score (nSPS) is 13.2. The molecule has 0 saturated carbocycles. The van der Waals surface area contributed by atoms with Crippen molar-refractivity contribution in [1.29, 1.82) is 0 Å². The van der Waals surface area contributed by atoms with Crippen LogP contribution in [-0.4, -0.2) is 35.8 Å². The van der Waals surface area contributed by atoms with Crippen LogP contribution in [0.15, 0.2) is 46.6 Å². The maximum atomic E-state index is 11.5. The number of anilines is 2. The van der Waals surface area contributed by atoms with E-state index < -0.39 is 14.4 Å². The summed E-state index contributed by atoms with van der Waals surface area (Å²) in [5.74, 6) is 0.389. The van der Waals surface area contributed by atoms with Gasteiger partial charge in [0.25, 0.3) is 0 Å². The van der Waals surface area contributed by atoms with E-state index in [1.807, 2.05) is 0 Å². The molecule has 1 unspecified atom stereocenters. The van der Waals surface area contributed by atoms with Crippen LogP contribution in [0.4, 0.5) is 23.0 Å². The molecule has 1 aromatic heterocycles. The number of benzene rings is 1. The highest BCUT2D eigenvalue weighted by atomic mass is 31.2. The average Bonchev–Trinajstić information content (AvgIpc) is 2.61. The Balaban J connectivity index is 2.09. The molecule has 11 nitrogen and oxygen atoms in total. The molecule has 0 radical (unpaired) electrons. The van der Waals surface area contributed by atoms with Crippen LogP contribution in [0.1, 0.15) is 6.42 Å². The van der Waals surface area contributed by atoms with E-state index in [2.05, 4.69) is 25.1 Å². The minimum absolute atomic E-state index is 0.0724. The molecule has 0 saturated heterocycles. The van der Waals surface area contributed by atoms with Gasteiger partial charge in [-0.25, -0.2) is 4.98 Å². The molecule has 0 aliphatic rings. The van der Waals surface area contributed by atoms with E-state index in [1.165, 1.54) is 6.07 Å². The van der Waals surface area contributed by atoms with Gasteiger partial charge in [0.05, 0.1) is 0 Å². The quantitative estimate of drug-likeness (QED) is 0.278. The average molecular weight is 408 g/mol. The van der Waals surface area contributed by atoms with E-state index in [1.54, 1.807) is 30.3 Å². The van der Waals surface area contributed by atoms with Gasteiger partial charge < -0.3 is 26.4 Å². The number of nitrogens with two attached hydrogens (primary N) is 2. The molecule has 1 amide bonds. The summed E-state index contributed by atoms with van der Waals surface area (Å²) in [5, 5.41) is 10.7. The molecule has 2 rings (SSSR count). The van der Waals surface area contributed by atoms with E-state index in [0.29, 0.717) is 11.4 Å². The summed E-state index contributed by atoms with van der Waals surface area (Å²) in [7, 11) is -3.65. The predicted molar refractivity (Wildman–Crippen MR) is 104 cm³/mol. The van der Waals surface area contributed by atoms with E-state index in [4.69, 9.17) is 21.1 Å². The Morgan fingerprint density at radius 3 is 2.64 bits per heavy atom. The lowest BCUT2D eigenvalue weighted by molar-refractivity contribution is -0.116. The van der Waals surface area contributed by atoms with Gasteiger partial charge in [-0.15, -0.1) is 10.2 Å². The fourth-order valence-corrected chi connectivity index (χ4v) is 2.16. The molecular weight excluding hydrogens is 387 g/mol. The molecule has 1 atom stereocenters. The number of azo groups is 1. The third-order valence-electron chi connectivity index (χ3n) is 3.18. The Kier molecular flexibility index (Phi) is 7.59. The van der Waals surface area contributed by atoms with Crippen molar-refractivity contribution in [1.82, 2.24) is 4.98 Å². The minimum Gasteiger partial charge on any atom is -0.465 e. The maximum absolute atomic E-state index is 11.5. The first-order valence-electron chi connectivity index (χ1n) is 8.13. The summed E-state index contributed by atoms with van der Waals surface area (Å²) in [6.45, 7) is 0.867. The predicted octanol–water partition coefficient (Wildman–Crippen LogP) is 2.53. The SMILES string of the molecule is CP(=O)(O)OCOc1ccccc1/N=N/c1ccc(NC(=O)CCN)nc1N. The summed E-state index contributed by atoms with van der Waals surface area (Å²) >= 11 is 0. The summed E-state index contributed by atoms with van der Waals surface area (Å²) in [6, 6.07) is 9.75. The smallest absolute Gasteiger partial charge is 0.327 e. The number of hydrogen-bond acceptors (Lipinski definition) is 9. The number of pyridine rings is 1. The van der Waals surface area contributed by atoms with Crippen molar-refractivity contribution in [3.8, 4) is 5.75 Å². The van der Waals surface area contributed by atoms with E-state index >= 15 is 0 Å². The number of carbonyl (C=O) groups is 1. The first-order valence-corrected chi connectivity index (χ1v) is 10.2. The Labute approximate surface area is 161 Å². The standard InChI is InChI=1S/C16H21N6O5P/c1-28(24,25)27-10-26-13-5-3-2-4-11(13)21-22-12-6-7-14(20-16(12)18)19-15(23)8-9-17/h2-7H,8-10,17H2,1H3,(H,24,25)(H3,18,19,20,23)/b22-21+. The van der Waals surface area contributed by atoms with Crippen molar-refractivity contribution in [3.05, 3.63) is 36.4 Å². The first kappa shape index (κ1) is 21.5. The summed E-state index contributed by atoms with van der Waals surface area (Å²) in [5.41, 5.74) is 11.8. The van der Waals surface area contributed by atoms with Gasteiger partial charge in [-0.2, -0.15) is 0 Å². The first-order chi connectivity index (χ1) is 13.3. The van der Waals surface area contributed by atoms with E-state index in [0.717, 1.165) is 6.66 Å². The van der Waals surface area contributed by atoms with Gasteiger partial charge in [0, 0.05) is 19.6 Å². The Morgan fingerprint density at radius 1 is 1.25 bits per heavy atom. The van der Waals surface area contributed by atoms with Gasteiger partial charge in [-0.3, -0.25) is 13.9 Å². The lowest BCUT2D eigenvalue weighted by atomic mass is 10.3. The van der Waals surface area contributed by atoms with E-state index in [9.17, 15) is 9.36 Å². The van der Waals surface area contributed by atoms with Crippen molar-refractivity contribution in [2.45, 2.75) is 6.42 Å². The second kappa shape index (κ2) is 9.90.